The van der Waals surface area contributed by atoms with Crippen LogP contribution in [0.1, 0.15) is 5.56 Å². The van der Waals surface area contributed by atoms with Gasteiger partial charge in [0.25, 0.3) is 0 Å². The third-order valence-electron chi connectivity index (χ3n) is 1.39. The lowest BCUT2D eigenvalue weighted by atomic mass is 10.2. The Balaban J connectivity index is 3.08. The van der Waals surface area contributed by atoms with Crippen molar-refractivity contribution in [3.63, 3.8) is 0 Å². The molecule has 0 saturated carbocycles. The first kappa shape index (κ1) is 6.81. The molecule has 2 nitrogen and oxygen atoms in total. The first-order chi connectivity index (χ1) is 4.88. The number of para-hydroxylation sites is 1. The van der Waals surface area contributed by atoms with E-state index < -0.39 is 0 Å². The second-order valence-corrected chi connectivity index (χ2v) is 1.98. The summed E-state index contributed by atoms with van der Waals surface area (Å²) in [5.74, 6) is 0. The van der Waals surface area contributed by atoms with Gasteiger partial charge in [-0.1, -0.05) is 18.2 Å². The maximum atomic E-state index is 7.02. The smallest absolute Gasteiger partial charge is 0.0426 e. The normalized spacial score (nSPS) is 8.90. The SMILES string of the molecule is CNc1ccccc1C=N. The standard InChI is InChI=1S/C8H10N2/c1-10-8-5-3-2-4-7(8)6-9/h2-6,9-10H,1H3. The van der Waals surface area contributed by atoms with E-state index >= 15 is 0 Å². The van der Waals surface area contributed by atoms with Gasteiger partial charge in [0.1, 0.15) is 0 Å². The van der Waals surface area contributed by atoms with E-state index in [1.54, 1.807) is 0 Å². The molecule has 0 bridgehead atoms. The summed E-state index contributed by atoms with van der Waals surface area (Å²) in [6.07, 6.45) is 1.34. The molecule has 0 heterocycles. The van der Waals surface area contributed by atoms with E-state index in [1.807, 2.05) is 31.3 Å². The Bertz CT molecular complexity index is 230. The molecule has 0 atom stereocenters. The Morgan fingerprint density at radius 3 is 2.60 bits per heavy atom. The Morgan fingerprint density at radius 2 is 2.10 bits per heavy atom. The van der Waals surface area contributed by atoms with E-state index in [0.29, 0.717) is 0 Å². The van der Waals surface area contributed by atoms with Crippen molar-refractivity contribution in [3.8, 4) is 0 Å². The maximum Gasteiger partial charge on any atom is 0.0426 e. The second kappa shape index (κ2) is 3.01. The van der Waals surface area contributed by atoms with E-state index in [2.05, 4.69) is 5.32 Å². The van der Waals surface area contributed by atoms with Gasteiger partial charge in [-0.3, -0.25) is 0 Å². The van der Waals surface area contributed by atoms with Crippen molar-refractivity contribution >= 4 is 11.9 Å². The molecule has 10 heavy (non-hydrogen) atoms. The van der Waals surface area contributed by atoms with Crippen LogP contribution in [0.15, 0.2) is 24.3 Å². The van der Waals surface area contributed by atoms with Crippen LogP contribution in [-0.4, -0.2) is 13.3 Å². The summed E-state index contributed by atoms with van der Waals surface area (Å²) >= 11 is 0. The zero-order chi connectivity index (χ0) is 7.40. The molecule has 0 fully saturated rings. The van der Waals surface area contributed by atoms with E-state index in [4.69, 9.17) is 5.41 Å². The van der Waals surface area contributed by atoms with Crippen LogP contribution in [-0.2, 0) is 0 Å². The van der Waals surface area contributed by atoms with Gasteiger partial charge in [0.15, 0.2) is 0 Å². The van der Waals surface area contributed by atoms with Crippen LogP contribution in [0, 0.1) is 5.41 Å². The summed E-state index contributed by atoms with van der Waals surface area (Å²) in [6, 6.07) is 7.71. The van der Waals surface area contributed by atoms with Crippen LogP contribution in [0.5, 0.6) is 0 Å². The number of hydrogen-bond acceptors (Lipinski definition) is 2. The highest BCUT2D eigenvalue weighted by Crippen LogP contribution is 2.10. The molecular formula is C8H10N2. The molecule has 0 saturated heterocycles. The van der Waals surface area contributed by atoms with E-state index in [1.165, 1.54) is 6.21 Å². The van der Waals surface area contributed by atoms with Crippen molar-refractivity contribution in [3.05, 3.63) is 29.8 Å². The third kappa shape index (κ3) is 1.16. The zero-order valence-electron chi connectivity index (χ0n) is 5.89. The maximum absolute atomic E-state index is 7.02. The predicted molar refractivity (Wildman–Crippen MR) is 43.9 cm³/mol. The number of nitrogens with one attached hydrogen (secondary N) is 2. The Morgan fingerprint density at radius 1 is 1.40 bits per heavy atom. The zero-order valence-corrected chi connectivity index (χ0v) is 5.89. The lowest BCUT2D eigenvalue weighted by Gasteiger charge is -2.01. The summed E-state index contributed by atoms with van der Waals surface area (Å²) < 4.78 is 0. The lowest BCUT2D eigenvalue weighted by Crippen LogP contribution is -1.92. The summed E-state index contributed by atoms with van der Waals surface area (Å²) in [4.78, 5) is 0. The highest BCUT2D eigenvalue weighted by atomic mass is 14.8. The van der Waals surface area contributed by atoms with Crippen molar-refractivity contribution in [2.75, 3.05) is 12.4 Å². The number of benzene rings is 1. The molecule has 0 aliphatic carbocycles. The van der Waals surface area contributed by atoms with Crippen LogP contribution < -0.4 is 5.32 Å². The molecule has 0 amide bonds. The van der Waals surface area contributed by atoms with Crippen molar-refractivity contribution < 1.29 is 0 Å². The van der Waals surface area contributed by atoms with Crippen molar-refractivity contribution in [1.29, 1.82) is 5.41 Å². The number of rotatable bonds is 2. The molecular weight excluding hydrogens is 124 g/mol. The summed E-state index contributed by atoms with van der Waals surface area (Å²) in [5, 5.41) is 10.0. The molecule has 0 aromatic heterocycles. The van der Waals surface area contributed by atoms with E-state index in [9.17, 15) is 0 Å². The lowest BCUT2D eigenvalue weighted by molar-refractivity contribution is 1.48. The highest BCUT2D eigenvalue weighted by molar-refractivity contribution is 5.85. The highest BCUT2D eigenvalue weighted by Gasteiger charge is 1.92. The fourth-order valence-corrected chi connectivity index (χ4v) is 0.851. The first-order valence-electron chi connectivity index (χ1n) is 3.15. The largest absolute Gasteiger partial charge is 0.388 e. The van der Waals surface area contributed by atoms with Crippen LogP contribution in [0.3, 0.4) is 0 Å². The Hall–Kier alpha value is -1.31. The number of hydrogen-bond donors (Lipinski definition) is 2. The van der Waals surface area contributed by atoms with Crippen LogP contribution in [0.4, 0.5) is 5.69 Å². The van der Waals surface area contributed by atoms with Gasteiger partial charge < -0.3 is 10.7 Å². The van der Waals surface area contributed by atoms with Crippen LogP contribution in [0.2, 0.25) is 0 Å². The van der Waals surface area contributed by atoms with Crippen molar-refractivity contribution in [2.45, 2.75) is 0 Å². The average Bonchev–Trinajstić information content (AvgIpc) is 2.04. The first-order valence-corrected chi connectivity index (χ1v) is 3.15. The topological polar surface area (TPSA) is 35.9 Å². The minimum Gasteiger partial charge on any atom is -0.388 e. The Kier molecular flexibility index (Phi) is 2.05. The van der Waals surface area contributed by atoms with Crippen LogP contribution >= 0.6 is 0 Å². The average molecular weight is 134 g/mol. The fraction of sp³-hybridized carbons (Fsp3) is 0.125. The van der Waals surface area contributed by atoms with Gasteiger partial charge >= 0.3 is 0 Å². The summed E-state index contributed by atoms with van der Waals surface area (Å²) in [6.45, 7) is 0. The van der Waals surface area contributed by atoms with Gasteiger partial charge in [0.05, 0.1) is 0 Å². The van der Waals surface area contributed by atoms with Gasteiger partial charge in [0, 0.05) is 24.5 Å². The summed E-state index contributed by atoms with van der Waals surface area (Å²) in [5.41, 5.74) is 1.92. The third-order valence-corrected chi connectivity index (χ3v) is 1.39. The molecule has 1 aromatic carbocycles. The van der Waals surface area contributed by atoms with E-state index in [-0.39, 0.29) is 0 Å². The molecule has 0 aliphatic heterocycles. The minimum absolute atomic E-state index is 0.921. The van der Waals surface area contributed by atoms with Crippen molar-refractivity contribution in [2.24, 2.45) is 0 Å². The molecule has 2 heteroatoms. The molecule has 0 unspecified atom stereocenters. The molecule has 0 radical (unpaired) electrons. The van der Waals surface area contributed by atoms with Crippen molar-refractivity contribution in [1.82, 2.24) is 0 Å². The monoisotopic (exact) mass is 134 g/mol. The molecule has 1 aromatic rings. The van der Waals surface area contributed by atoms with Gasteiger partial charge in [-0.15, -0.1) is 0 Å². The fourth-order valence-electron chi connectivity index (χ4n) is 0.851. The Labute approximate surface area is 60.4 Å². The molecule has 0 spiro atoms. The number of anilines is 1. The van der Waals surface area contributed by atoms with Gasteiger partial charge in [-0.05, 0) is 6.07 Å². The van der Waals surface area contributed by atoms with Gasteiger partial charge in [-0.25, -0.2) is 0 Å². The second-order valence-electron chi connectivity index (χ2n) is 1.98. The molecule has 0 aliphatic rings. The van der Waals surface area contributed by atoms with Crippen LogP contribution in [0.25, 0.3) is 0 Å². The molecule has 52 valence electrons. The minimum atomic E-state index is 0.921. The van der Waals surface area contributed by atoms with Gasteiger partial charge in [-0.2, -0.15) is 0 Å². The van der Waals surface area contributed by atoms with E-state index in [0.717, 1.165) is 11.3 Å². The summed E-state index contributed by atoms with van der Waals surface area (Å²) in [7, 11) is 1.85. The van der Waals surface area contributed by atoms with Gasteiger partial charge in [0.2, 0.25) is 0 Å². The quantitative estimate of drug-likeness (QED) is 0.593. The predicted octanol–water partition coefficient (Wildman–Crippen LogP) is 1.73. The molecule has 1 rings (SSSR count). The molecule has 2 N–H and O–H groups in total.